The van der Waals surface area contributed by atoms with Gasteiger partial charge in [0, 0.05) is 38.2 Å². The summed E-state index contributed by atoms with van der Waals surface area (Å²) in [6.07, 6.45) is -3.93. The third kappa shape index (κ3) is 3.15. The van der Waals surface area contributed by atoms with Crippen molar-refractivity contribution in [2.24, 2.45) is 5.41 Å². The molecule has 166 valence electrons. The summed E-state index contributed by atoms with van der Waals surface area (Å²) < 4.78 is 41.6. The minimum Gasteiger partial charge on any atom is -0.322 e. The standard InChI is InChI=1S/C21H23F3N4O3/c22-21(23,24)20(8-19(9-20)10-25-11-19)26-6-12-2-1-3-13-7-28(18(31)16(12)13)14-4-5-15(29)27-17(14)30/h1-3,14,25-26H,4-11H2,(H,27,29,30). The zero-order valence-corrected chi connectivity index (χ0v) is 16.8. The van der Waals surface area contributed by atoms with Gasteiger partial charge in [0.25, 0.3) is 5.91 Å². The van der Waals surface area contributed by atoms with E-state index in [0.717, 1.165) is 0 Å². The first kappa shape index (κ1) is 20.4. The van der Waals surface area contributed by atoms with Crippen LogP contribution in [0.25, 0.3) is 0 Å². The maximum Gasteiger partial charge on any atom is 0.406 e. The number of rotatable bonds is 4. The zero-order valence-electron chi connectivity index (χ0n) is 16.8. The van der Waals surface area contributed by atoms with Gasteiger partial charge in [0.05, 0.1) is 0 Å². The maximum absolute atomic E-state index is 13.9. The first-order valence-electron chi connectivity index (χ1n) is 10.4. The molecule has 0 radical (unpaired) electrons. The Morgan fingerprint density at radius 3 is 2.52 bits per heavy atom. The number of nitrogens with zero attached hydrogens (tertiary/aromatic N) is 1. The van der Waals surface area contributed by atoms with Crippen molar-refractivity contribution in [2.75, 3.05) is 13.1 Å². The summed E-state index contributed by atoms with van der Waals surface area (Å²) in [4.78, 5) is 38.1. The van der Waals surface area contributed by atoms with Gasteiger partial charge in [0.1, 0.15) is 11.6 Å². The lowest BCUT2D eigenvalue weighted by Crippen LogP contribution is -2.75. The van der Waals surface area contributed by atoms with E-state index in [1.54, 1.807) is 18.2 Å². The number of alkyl halides is 3. The number of halogens is 3. The number of nitrogens with one attached hydrogen (secondary N) is 3. The van der Waals surface area contributed by atoms with Crippen molar-refractivity contribution in [1.82, 2.24) is 20.9 Å². The predicted octanol–water partition coefficient (Wildman–Crippen LogP) is 1.22. The molecular formula is C21H23F3N4O3. The van der Waals surface area contributed by atoms with E-state index < -0.39 is 23.7 Å². The van der Waals surface area contributed by atoms with Crippen LogP contribution in [0.3, 0.4) is 0 Å². The van der Waals surface area contributed by atoms with E-state index in [2.05, 4.69) is 16.0 Å². The van der Waals surface area contributed by atoms with E-state index in [1.165, 1.54) is 4.90 Å². The van der Waals surface area contributed by atoms with Crippen molar-refractivity contribution in [3.05, 3.63) is 34.9 Å². The number of hydrogen-bond donors (Lipinski definition) is 3. The summed E-state index contributed by atoms with van der Waals surface area (Å²) >= 11 is 0. The smallest absolute Gasteiger partial charge is 0.322 e. The van der Waals surface area contributed by atoms with E-state index in [-0.39, 0.29) is 56.0 Å². The van der Waals surface area contributed by atoms with Gasteiger partial charge in [-0.2, -0.15) is 13.2 Å². The van der Waals surface area contributed by atoms with Gasteiger partial charge in [-0.05, 0) is 35.8 Å². The second-order valence-electron chi connectivity index (χ2n) is 9.24. The number of imide groups is 1. The number of amides is 3. The second-order valence-corrected chi connectivity index (χ2v) is 9.24. The molecule has 4 aliphatic rings. The molecule has 1 aromatic rings. The fourth-order valence-corrected chi connectivity index (χ4v) is 5.48. The first-order chi connectivity index (χ1) is 14.6. The molecule has 3 amide bonds. The molecule has 1 spiro atoms. The average Bonchev–Trinajstić information content (AvgIpc) is 2.96. The Kier molecular flexibility index (Phi) is 4.46. The van der Waals surface area contributed by atoms with Crippen LogP contribution in [0, 0.1) is 5.41 Å². The molecular weight excluding hydrogens is 413 g/mol. The van der Waals surface area contributed by atoms with Crippen LogP contribution in [0.1, 0.15) is 47.2 Å². The SMILES string of the molecule is O=C1CCC(N2Cc3cccc(CNC4(C(F)(F)F)CC5(CNC5)C4)c3C2=O)C(=O)N1. The fourth-order valence-electron chi connectivity index (χ4n) is 5.48. The lowest BCUT2D eigenvalue weighted by molar-refractivity contribution is -0.255. The number of carbonyl (C=O) groups excluding carboxylic acids is 3. The maximum atomic E-state index is 13.9. The monoisotopic (exact) mass is 436 g/mol. The highest BCUT2D eigenvalue weighted by atomic mass is 19.4. The Labute approximate surface area is 176 Å². The fraction of sp³-hybridized carbons (Fsp3) is 0.571. The molecule has 1 atom stereocenters. The Bertz CT molecular complexity index is 965. The molecule has 31 heavy (non-hydrogen) atoms. The van der Waals surface area contributed by atoms with Gasteiger partial charge in [-0.1, -0.05) is 18.2 Å². The summed E-state index contributed by atoms with van der Waals surface area (Å²) in [5.74, 6) is -1.26. The quantitative estimate of drug-likeness (QED) is 0.618. The molecule has 3 aliphatic heterocycles. The van der Waals surface area contributed by atoms with Gasteiger partial charge in [-0.25, -0.2) is 0 Å². The highest BCUT2D eigenvalue weighted by Gasteiger charge is 2.68. The van der Waals surface area contributed by atoms with Gasteiger partial charge in [0.2, 0.25) is 11.8 Å². The number of benzene rings is 1. The molecule has 1 aliphatic carbocycles. The lowest BCUT2D eigenvalue weighted by atomic mass is 9.54. The van der Waals surface area contributed by atoms with E-state index >= 15 is 0 Å². The molecule has 7 nitrogen and oxygen atoms in total. The van der Waals surface area contributed by atoms with E-state index in [9.17, 15) is 27.6 Å². The van der Waals surface area contributed by atoms with Crippen LogP contribution < -0.4 is 16.0 Å². The van der Waals surface area contributed by atoms with E-state index in [0.29, 0.717) is 29.8 Å². The minimum absolute atomic E-state index is 0.0296. The van der Waals surface area contributed by atoms with Crippen LogP contribution in [0.4, 0.5) is 13.2 Å². The summed E-state index contributed by atoms with van der Waals surface area (Å²) in [6, 6.07) is 4.37. The van der Waals surface area contributed by atoms with Crippen molar-refractivity contribution < 1.29 is 27.6 Å². The van der Waals surface area contributed by atoms with E-state index in [4.69, 9.17) is 0 Å². The predicted molar refractivity (Wildman–Crippen MR) is 103 cm³/mol. The zero-order chi connectivity index (χ0) is 22.0. The molecule has 0 aromatic heterocycles. The summed E-state index contributed by atoms with van der Waals surface area (Å²) in [6.45, 7) is 1.33. The first-order valence-corrected chi connectivity index (χ1v) is 10.4. The Morgan fingerprint density at radius 1 is 1.16 bits per heavy atom. The Hall–Kier alpha value is -2.46. The molecule has 5 rings (SSSR count). The third-order valence-corrected chi connectivity index (χ3v) is 7.15. The van der Waals surface area contributed by atoms with Crippen LogP contribution in [-0.2, 0) is 22.7 Å². The summed E-state index contributed by atoms with van der Waals surface area (Å²) in [5.41, 5.74) is -0.684. The van der Waals surface area contributed by atoms with Crippen molar-refractivity contribution in [2.45, 2.75) is 56.5 Å². The molecule has 3 fully saturated rings. The van der Waals surface area contributed by atoms with E-state index in [1.807, 2.05) is 0 Å². The number of hydrogen-bond acceptors (Lipinski definition) is 5. The summed E-state index contributed by atoms with van der Waals surface area (Å²) in [7, 11) is 0. The van der Waals surface area contributed by atoms with Crippen LogP contribution in [-0.4, -0.2) is 53.5 Å². The van der Waals surface area contributed by atoms with Crippen molar-refractivity contribution in [3.8, 4) is 0 Å². The van der Waals surface area contributed by atoms with Crippen LogP contribution >= 0.6 is 0 Å². The highest BCUT2D eigenvalue weighted by molar-refractivity contribution is 6.06. The molecule has 0 bridgehead atoms. The average molecular weight is 436 g/mol. The minimum atomic E-state index is -4.38. The largest absolute Gasteiger partial charge is 0.406 e. The molecule has 2 saturated heterocycles. The number of piperidine rings is 1. The molecule has 1 aromatic carbocycles. The van der Waals surface area contributed by atoms with Crippen molar-refractivity contribution >= 4 is 17.7 Å². The molecule has 1 unspecified atom stereocenters. The molecule has 1 saturated carbocycles. The van der Waals surface area contributed by atoms with Gasteiger partial charge in [-0.15, -0.1) is 0 Å². The third-order valence-electron chi connectivity index (χ3n) is 7.15. The van der Waals surface area contributed by atoms with Crippen molar-refractivity contribution in [1.29, 1.82) is 0 Å². The molecule has 3 N–H and O–H groups in total. The van der Waals surface area contributed by atoms with Crippen LogP contribution in [0.2, 0.25) is 0 Å². The van der Waals surface area contributed by atoms with Crippen molar-refractivity contribution in [3.63, 3.8) is 0 Å². The van der Waals surface area contributed by atoms with Gasteiger partial charge in [-0.3, -0.25) is 25.0 Å². The number of fused-ring (bicyclic) bond motifs is 1. The topological polar surface area (TPSA) is 90.5 Å². The Morgan fingerprint density at radius 2 is 1.90 bits per heavy atom. The summed E-state index contributed by atoms with van der Waals surface area (Å²) in [5, 5.41) is 8.02. The van der Waals surface area contributed by atoms with Gasteiger partial charge < -0.3 is 10.2 Å². The normalized spacial score (nSPS) is 26.4. The Balaban J connectivity index is 1.34. The van der Waals surface area contributed by atoms with Crippen LogP contribution in [0.15, 0.2) is 18.2 Å². The highest BCUT2D eigenvalue weighted by Crippen LogP contribution is 2.57. The molecule has 10 heteroatoms. The van der Waals surface area contributed by atoms with Gasteiger partial charge in [0.15, 0.2) is 0 Å². The lowest BCUT2D eigenvalue weighted by Gasteiger charge is -2.61. The second kappa shape index (κ2) is 6.77. The number of carbonyl (C=O) groups is 3. The molecule has 3 heterocycles. The van der Waals surface area contributed by atoms with Crippen LogP contribution in [0.5, 0.6) is 0 Å². The van der Waals surface area contributed by atoms with Gasteiger partial charge >= 0.3 is 6.18 Å².